The van der Waals surface area contributed by atoms with Gasteiger partial charge in [-0.1, -0.05) is 38.0 Å². The van der Waals surface area contributed by atoms with E-state index in [0.29, 0.717) is 5.75 Å². The predicted octanol–water partition coefficient (Wildman–Crippen LogP) is 4.04. The van der Waals surface area contributed by atoms with Crippen molar-refractivity contribution in [2.24, 2.45) is 17.6 Å². The lowest BCUT2D eigenvalue weighted by molar-refractivity contribution is -0.142. The molecule has 0 aromatic heterocycles. The number of carboxylic acids is 1. The second-order valence-corrected chi connectivity index (χ2v) is 9.39. The number of hydrogen-bond donors (Lipinski definition) is 3. The van der Waals surface area contributed by atoms with E-state index >= 15 is 0 Å². The summed E-state index contributed by atoms with van der Waals surface area (Å²) in [5.74, 6) is -1.74. The SMILES string of the molecule is Cc1cc(C)cc(NC(=O)Cc2ccc(OC(C(=O)C3CCCC3)C(C)[C@@H](N)C(=O)O)cc2)c1. The van der Waals surface area contributed by atoms with Crippen LogP contribution in [0.3, 0.4) is 0 Å². The van der Waals surface area contributed by atoms with Gasteiger partial charge in [-0.15, -0.1) is 0 Å². The number of carbonyl (C=O) groups is 3. The van der Waals surface area contributed by atoms with E-state index in [9.17, 15) is 19.5 Å². The summed E-state index contributed by atoms with van der Waals surface area (Å²) in [6.07, 6.45) is 2.82. The minimum atomic E-state index is -1.21. The number of ether oxygens (including phenoxy) is 1. The molecule has 0 spiro atoms. The molecule has 1 amide bonds. The molecule has 2 unspecified atom stereocenters. The second kappa shape index (κ2) is 11.3. The summed E-state index contributed by atoms with van der Waals surface area (Å²) >= 11 is 0. The third kappa shape index (κ3) is 6.67. The van der Waals surface area contributed by atoms with E-state index in [-0.39, 0.29) is 24.0 Å². The zero-order valence-corrected chi connectivity index (χ0v) is 20.0. The molecule has 0 saturated heterocycles. The lowest BCUT2D eigenvalue weighted by Crippen LogP contribution is -2.48. The maximum Gasteiger partial charge on any atom is 0.320 e. The molecule has 0 radical (unpaired) electrons. The number of amides is 1. The van der Waals surface area contributed by atoms with Gasteiger partial charge in [0.1, 0.15) is 11.8 Å². The van der Waals surface area contributed by atoms with Crippen LogP contribution in [0.2, 0.25) is 0 Å². The Morgan fingerprint density at radius 3 is 2.21 bits per heavy atom. The molecule has 1 aliphatic rings. The molecule has 7 heteroatoms. The van der Waals surface area contributed by atoms with E-state index in [1.54, 1.807) is 31.2 Å². The maximum atomic E-state index is 13.1. The Kier molecular flexibility index (Phi) is 8.45. The number of anilines is 1. The fraction of sp³-hybridized carbons (Fsp3) is 0.444. The lowest BCUT2D eigenvalue weighted by Gasteiger charge is -2.28. The molecule has 0 aliphatic heterocycles. The van der Waals surface area contributed by atoms with Crippen LogP contribution in [0.15, 0.2) is 42.5 Å². The number of nitrogens with two attached hydrogens (primary N) is 1. The van der Waals surface area contributed by atoms with Crippen LogP contribution in [-0.2, 0) is 20.8 Å². The van der Waals surface area contributed by atoms with Crippen molar-refractivity contribution in [2.45, 2.75) is 65.0 Å². The van der Waals surface area contributed by atoms with Crippen molar-refractivity contribution < 1.29 is 24.2 Å². The summed E-state index contributed by atoms with van der Waals surface area (Å²) in [6.45, 7) is 5.61. The Labute approximate surface area is 200 Å². The van der Waals surface area contributed by atoms with Gasteiger partial charge in [0.05, 0.1) is 6.42 Å². The minimum absolute atomic E-state index is 0.0846. The van der Waals surface area contributed by atoms with Gasteiger partial charge >= 0.3 is 5.97 Å². The molecular formula is C27H34N2O5. The highest BCUT2D eigenvalue weighted by molar-refractivity contribution is 5.92. The third-order valence-electron chi connectivity index (χ3n) is 6.42. The summed E-state index contributed by atoms with van der Waals surface area (Å²) in [6, 6.07) is 11.6. The van der Waals surface area contributed by atoms with Crippen LogP contribution < -0.4 is 15.8 Å². The number of carbonyl (C=O) groups excluding carboxylic acids is 2. The molecule has 1 saturated carbocycles. The Balaban J connectivity index is 1.67. The first-order chi connectivity index (χ1) is 16.1. The summed E-state index contributed by atoms with van der Waals surface area (Å²) < 4.78 is 6.01. The summed E-state index contributed by atoms with van der Waals surface area (Å²) in [7, 11) is 0. The Morgan fingerprint density at radius 1 is 1.06 bits per heavy atom. The van der Waals surface area contributed by atoms with Crippen molar-refractivity contribution in [1.82, 2.24) is 0 Å². The average molecular weight is 467 g/mol. The minimum Gasteiger partial charge on any atom is -0.482 e. The normalized spacial score (nSPS) is 16.5. The van der Waals surface area contributed by atoms with E-state index in [0.717, 1.165) is 48.1 Å². The number of aryl methyl sites for hydroxylation is 2. The van der Waals surface area contributed by atoms with Gasteiger partial charge in [0.2, 0.25) is 5.91 Å². The number of Topliss-reactive ketones (excluding diaryl/α,β-unsaturated/α-hetero) is 1. The van der Waals surface area contributed by atoms with Crippen LogP contribution >= 0.6 is 0 Å². The number of carboxylic acid groups (broad SMARTS) is 1. The topological polar surface area (TPSA) is 119 Å². The Hall–Kier alpha value is -3.19. The molecule has 7 nitrogen and oxygen atoms in total. The monoisotopic (exact) mass is 466 g/mol. The van der Waals surface area contributed by atoms with Crippen LogP contribution in [0.5, 0.6) is 5.75 Å². The zero-order valence-electron chi connectivity index (χ0n) is 20.0. The lowest BCUT2D eigenvalue weighted by atomic mass is 9.87. The third-order valence-corrected chi connectivity index (χ3v) is 6.42. The highest BCUT2D eigenvalue weighted by Gasteiger charge is 2.38. The predicted molar refractivity (Wildman–Crippen MR) is 131 cm³/mol. The highest BCUT2D eigenvalue weighted by atomic mass is 16.5. The maximum absolute atomic E-state index is 13.1. The van der Waals surface area contributed by atoms with Crippen LogP contribution in [-0.4, -0.2) is 34.9 Å². The fourth-order valence-electron chi connectivity index (χ4n) is 4.55. The number of ketones is 1. The molecule has 3 atom stereocenters. The van der Waals surface area contributed by atoms with Gasteiger partial charge in [0, 0.05) is 17.5 Å². The quantitative estimate of drug-likeness (QED) is 0.486. The number of rotatable bonds is 10. The number of aliphatic carboxylic acids is 1. The molecule has 0 bridgehead atoms. The number of nitrogens with one attached hydrogen (secondary N) is 1. The van der Waals surface area contributed by atoms with Gasteiger partial charge < -0.3 is 20.9 Å². The van der Waals surface area contributed by atoms with Gasteiger partial charge in [-0.2, -0.15) is 0 Å². The molecule has 1 fully saturated rings. The fourth-order valence-corrected chi connectivity index (χ4v) is 4.55. The van der Waals surface area contributed by atoms with Crippen molar-refractivity contribution in [2.75, 3.05) is 5.32 Å². The van der Waals surface area contributed by atoms with Gasteiger partial charge in [-0.05, 0) is 67.6 Å². The van der Waals surface area contributed by atoms with Gasteiger partial charge in [0.25, 0.3) is 0 Å². The first kappa shape index (κ1) is 25.4. The molecular weight excluding hydrogens is 432 g/mol. The van der Waals surface area contributed by atoms with Gasteiger partial charge in [0.15, 0.2) is 11.9 Å². The molecule has 0 heterocycles. The smallest absolute Gasteiger partial charge is 0.320 e. The molecule has 2 aromatic rings. The van der Waals surface area contributed by atoms with Crippen molar-refractivity contribution in [3.63, 3.8) is 0 Å². The molecule has 1 aliphatic carbocycles. The summed E-state index contributed by atoms with van der Waals surface area (Å²) in [5.41, 5.74) is 9.55. The van der Waals surface area contributed by atoms with E-state index in [1.165, 1.54) is 0 Å². The zero-order chi connectivity index (χ0) is 24.8. The van der Waals surface area contributed by atoms with E-state index < -0.39 is 24.0 Å². The molecule has 4 N–H and O–H groups in total. The van der Waals surface area contributed by atoms with Crippen LogP contribution in [0.4, 0.5) is 5.69 Å². The van der Waals surface area contributed by atoms with Crippen molar-refractivity contribution in [3.8, 4) is 5.75 Å². The van der Waals surface area contributed by atoms with Crippen LogP contribution in [0, 0.1) is 25.7 Å². The molecule has 3 rings (SSSR count). The number of benzene rings is 2. The molecule has 34 heavy (non-hydrogen) atoms. The summed E-state index contributed by atoms with van der Waals surface area (Å²) in [5, 5.41) is 12.3. The highest BCUT2D eigenvalue weighted by Crippen LogP contribution is 2.30. The number of hydrogen-bond acceptors (Lipinski definition) is 5. The Bertz CT molecular complexity index is 1010. The van der Waals surface area contributed by atoms with E-state index in [4.69, 9.17) is 10.5 Å². The van der Waals surface area contributed by atoms with Crippen molar-refractivity contribution >= 4 is 23.3 Å². The van der Waals surface area contributed by atoms with Crippen LogP contribution in [0.1, 0.15) is 49.3 Å². The molecule has 182 valence electrons. The average Bonchev–Trinajstić information content (AvgIpc) is 3.31. The summed E-state index contributed by atoms with van der Waals surface area (Å²) in [4.78, 5) is 37.0. The second-order valence-electron chi connectivity index (χ2n) is 9.39. The van der Waals surface area contributed by atoms with Crippen molar-refractivity contribution in [1.29, 1.82) is 0 Å². The Morgan fingerprint density at radius 2 is 1.65 bits per heavy atom. The van der Waals surface area contributed by atoms with Gasteiger partial charge in [-0.25, -0.2) is 0 Å². The van der Waals surface area contributed by atoms with E-state index in [1.807, 2.05) is 32.0 Å². The largest absolute Gasteiger partial charge is 0.482 e. The standard InChI is InChI=1S/C27H34N2O5/c1-16-12-17(2)14-21(13-16)29-23(30)15-19-8-10-22(11-9-19)34-26(18(3)24(28)27(32)33)25(31)20-6-4-5-7-20/h8-14,18,20,24,26H,4-7,15,28H2,1-3H3,(H,29,30)(H,32,33)/t18?,24-,26?/m1/s1. The van der Waals surface area contributed by atoms with Crippen molar-refractivity contribution in [3.05, 3.63) is 59.2 Å². The molecule has 2 aromatic carbocycles. The van der Waals surface area contributed by atoms with Crippen LogP contribution in [0.25, 0.3) is 0 Å². The first-order valence-electron chi connectivity index (χ1n) is 11.8. The van der Waals surface area contributed by atoms with E-state index in [2.05, 4.69) is 5.32 Å². The first-order valence-corrected chi connectivity index (χ1v) is 11.8. The van der Waals surface area contributed by atoms with Gasteiger partial charge in [-0.3, -0.25) is 14.4 Å².